The number of hydrogen-bond donors (Lipinski definition) is 2. The molecule has 4 nitrogen and oxygen atoms in total. The second-order valence-electron chi connectivity index (χ2n) is 9.83. The number of aromatic nitrogens is 1. The number of carbonyl (C=O) groups excluding carboxylic acids is 1. The molecule has 2 unspecified atom stereocenters. The summed E-state index contributed by atoms with van der Waals surface area (Å²) in [6.45, 7) is 9.10. The molecule has 4 aliphatic heterocycles. The molecule has 1 aliphatic carbocycles. The summed E-state index contributed by atoms with van der Waals surface area (Å²) in [5, 5.41) is 4.82. The lowest BCUT2D eigenvalue weighted by Gasteiger charge is -2.66. The number of amides is 1. The van der Waals surface area contributed by atoms with Gasteiger partial charge in [0.1, 0.15) is 0 Å². The second-order valence-corrected chi connectivity index (χ2v) is 9.83. The van der Waals surface area contributed by atoms with Crippen LogP contribution in [-0.4, -0.2) is 34.5 Å². The zero-order valence-electron chi connectivity index (χ0n) is 15.9. The fourth-order valence-corrected chi connectivity index (χ4v) is 7.04. The molecular weight excluding hydrogens is 322 g/mol. The maximum Gasteiger partial charge on any atom is 0.229 e. The SMILES string of the molecule is C[C@H]1CCN2CC34Cc5c([nH]c6ccccc56)C(C)(C)[C@H]3CC12NC4=O. The van der Waals surface area contributed by atoms with E-state index in [4.69, 9.17) is 0 Å². The molecule has 1 amide bonds. The number of nitrogens with zero attached hydrogens (tertiary/aromatic N) is 1. The first-order valence-electron chi connectivity index (χ1n) is 10.1. The Morgan fingerprint density at radius 3 is 2.88 bits per heavy atom. The highest BCUT2D eigenvalue weighted by Crippen LogP contribution is 2.62. The smallest absolute Gasteiger partial charge is 0.229 e. The van der Waals surface area contributed by atoms with Gasteiger partial charge >= 0.3 is 0 Å². The maximum absolute atomic E-state index is 13.5. The van der Waals surface area contributed by atoms with Gasteiger partial charge in [0.05, 0.1) is 11.1 Å². The number of benzene rings is 1. The van der Waals surface area contributed by atoms with Crippen LogP contribution >= 0.6 is 0 Å². The van der Waals surface area contributed by atoms with Crippen LogP contribution in [-0.2, 0) is 16.6 Å². The van der Waals surface area contributed by atoms with Crippen LogP contribution in [0.3, 0.4) is 0 Å². The predicted octanol–water partition coefficient (Wildman–Crippen LogP) is 3.18. The van der Waals surface area contributed by atoms with Crippen molar-refractivity contribution >= 4 is 16.8 Å². The zero-order chi connectivity index (χ0) is 17.9. The van der Waals surface area contributed by atoms with Gasteiger partial charge in [0.25, 0.3) is 0 Å². The van der Waals surface area contributed by atoms with Gasteiger partial charge in [-0.25, -0.2) is 0 Å². The third kappa shape index (κ3) is 1.47. The Morgan fingerprint density at radius 1 is 1.23 bits per heavy atom. The number of para-hydroxylation sites is 1. The van der Waals surface area contributed by atoms with Gasteiger partial charge in [-0.3, -0.25) is 9.69 Å². The Balaban J connectivity index is 1.60. The van der Waals surface area contributed by atoms with Crippen molar-refractivity contribution in [2.75, 3.05) is 13.1 Å². The zero-order valence-corrected chi connectivity index (χ0v) is 15.9. The summed E-state index contributed by atoms with van der Waals surface area (Å²) >= 11 is 0. The van der Waals surface area contributed by atoms with Crippen molar-refractivity contribution in [2.45, 2.75) is 51.1 Å². The average Bonchev–Trinajstić information content (AvgIpc) is 3.14. The van der Waals surface area contributed by atoms with Gasteiger partial charge in [-0.1, -0.05) is 39.0 Å². The summed E-state index contributed by atoms with van der Waals surface area (Å²) in [7, 11) is 0. The van der Waals surface area contributed by atoms with Gasteiger partial charge in [-0.05, 0) is 42.7 Å². The standard InChI is InChI=1S/C22H27N3O/c1-13-8-9-25-12-21-10-15-14-6-4-5-7-16(14)23-18(15)20(2,3)17(21)11-22(13,25)24-19(21)26/h4-7,13,17,23H,8-12H2,1-3H3,(H,24,26)/t13-,17+,21?,22?/m0/s1. The maximum atomic E-state index is 13.5. The first-order valence-corrected chi connectivity index (χ1v) is 10.1. The van der Waals surface area contributed by atoms with Crippen LogP contribution in [0.25, 0.3) is 10.9 Å². The molecule has 4 fully saturated rings. The molecule has 2 N–H and O–H groups in total. The number of nitrogens with one attached hydrogen (secondary N) is 2. The van der Waals surface area contributed by atoms with Crippen LogP contribution in [0, 0.1) is 17.3 Å². The lowest BCUT2D eigenvalue weighted by Crippen LogP contribution is -2.80. The molecule has 0 radical (unpaired) electrons. The van der Waals surface area contributed by atoms with E-state index in [1.165, 1.54) is 28.6 Å². The minimum Gasteiger partial charge on any atom is -0.358 e. The number of rotatable bonds is 0. The highest BCUT2D eigenvalue weighted by atomic mass is 16.2. The van der Waals surface area contributed by atoms with Crippen molar-refractivity contribution < 1.29 is 4.79 Å². The number of H-pyrrole nitrogens is 1. The summed E-state index contributed by atoms with van der Waals surface area (Å²) < 4.78 is 0. The van der Waals surface area contributed by atoms with Gasteiger partial charge < -0.3 is 10.3 Å². The van der Waals surface area contributed by atoms with E-state index in [0.29, 0.717) is 17.7 Å². The van der Waals surface area contributed by atoms with Crippen LogP contribution in [0.15, 0.2) is 24.3 Å². The summed E-state index contributed by atoms with van der Waals surface area (Å²) in [5.41, 5.74) is 3.54. The van der Waals surface area contributed by atoms with E-state index in [2.05, 4.69) is 60.2 Å². The van der Waals surface area contributed by atoms with Crippen molar-refractivity contribution in [3.05, 3.63) is 35.5 Å². The van der Waals surface area contributed by atoms with E-state index in [9.17, 15) is 4.79 Å². The Hall–Kier alpha value is -1.81. The number of carbonyl (C=O) groups is 1. The molecule has 26 heavy (non-hydrogen) atoms. The first kappa shape index (κ1) is 15.3. The highest BCUT2D eigenvalue weighted by Gasteiger charge is 2.70. The van der Waals surface area contributed by atoms with Crippen molar-refractivity contribution in [2.24, 2.45) is 17.3 Å². The second kappa shape index (κ2) is 4.36. The number of hydrogen-bond acceptors (Lipinski definition) is 2. The summed E-state index contributed by atoms with van der Waals surface area (Å²) in [4.78, 5) is 19.8. The molecule has 4 saturated heterocycles. The molecule has 4 atom stereocenters. The molecule has 1 aromatic heterocycles. The van der Waals surface area contributed by atoms with Crippen molar-refractivity contribution in [1.82, 2.24) is 15.2 Å². The largest absolute Gasteiger partial charge is 0.358 e. The topological polar surface area (TPSA) is 48.1 Å². The van der Waals surface area contributed by atoms with Gasteiger partial charge in [0.2, 0.25) is 5.91 Å². The van der Waals surface area contributed by atoms with Crippen LogP contribution in [0.2, 0.25) is 0 Å². The molecule has 4 heteroatoms. The molecule has 136 valence electrons. The highest BCUT2D eigenvalue weighted by molar-refractivity contribution is 5.91. The van der Waals surface area contributed by atoms with Gasteiger partial charge in [-0.15, -0.1) is 0 Å². The molecule has 2 bridgehead atoms. The predicted molar refractivity (Wildman–Crippen MR) is 102 cm³/mol. The minimum absolute atomic E-state index is 0.0221. The number of aromatic amines is 1. The Labute approximate surface area is 154 Å². The summed E-state index contributed by atoms with van der Waals surface area (Å²) in [6.07, 6.45) is 3.15. The average molecular weight is 349 g/mol. The van der Waals surface area contributed by atoms with Crippen molar-refractivity contribution in [3.8, 4) is 0 Å². The van der Waals surface area contributed by atoms with Gasteiger partial charge in [0.15, 0.2) is 0 Å². The fraction of sp³-hybridized carbons (Fsp3) is 0.591. The van der Waals surface area contributed by atoms with E-state index < -0.39 is 0 Å². The molecule has 1 aromatic carbocycles. The molecule has 2 spiro atoms. The molecule has 7 rings (SSSR count). The Bertz CT molecular complexity index is 959. The van der Waals surface area contributed by atoms with Gasteiger partial charge in [0, 0.05) is 35.1 Å². The lowest BCUT2D eigenvalue weighted by molar-refractivity contribution is -0.181. The first-order chi connectivity index (χ1) is 12.4. The van der Waals surface area contributed by atoms with E-state index in [0.717, 1.165) is 25.9 Å². The van der Waals surface area contributed by atoms with Crippen LogP contribution in [0.4, 0.5) is 0 Å². The number of piperidine rings is 2. The van der Waals surface area contributed by atoms with Gasteiger partial charge in [-0.2, -0.15) is 0 Å². The van der Waals surface area contributed by atoms with Crippen LogP contribution in [0.1, 0.15) is 44.9 Å². The molecule has 0 saturated carbocycles. The normalized spacial score (nSPS) is 40.2. The van der Waals surface area contributed by atoms with E-state index in [-0.39, 0.29) is 16.5 Å². The molecule has 5 aliphatic rings. The summed E-state index contributed by atoms with van der Waals surface area (Å²) in [5.74, 6) is 1.23. The number of fused-ring (bicyclic) bond motifs is 4. The molecule has 2 aromatic rings. The monoisotopic (exact) mass is 349 g/mol. The van der Waals surface area contributed by atoms with Crippen molar-refractivity contribution in [1.29, 1.82) is 0 Å². The molecule has 5 heterocycles. The molecular formula is C22H27N3O. The minimum atomic E-state index is -0.284. The third-order valence-electron chi connectivity index (χ3n) is 8.47. The lowest BCUT2D eigenvalue weighted by atomic mass is 9.48. The van der Waals surface area contributed by atoms with E-state index in [1.807, 2.05) is 0 Å². The van der Waals surface area contributed by atoms with Crippen molar-refractivity contribution in [3.63, 3.8) is 0 Å². The summed E-state index contributed by atoms with van der Waals surface area (Å²) in [6, 6.07) is 8.59. The van der Waals surface area contributed by atoms with Crippen LogP contribution in [0.5, 0.6) is 0 Å². The quantitative estimate of drug-likeness (QED) is 0.767. The Morgan fingerprint density at radius 2 is 2.04 bits per heavy atom. The fourth-order valence-electron chi connectivity index (χ4n) is 7.04. The van der Waals surface area contributed by atoms with E-state index >= 15 is 0 Å². The van der Waals surface area contributed by atoms with E-state index in [1.54, 1.807) is 0 Å². The third-order valence-corrected chi connectivity index (χ3v) is 8.47. The Kier molecular flexibility index (Phi) is 2.56. The van der Waals surface area contributed by atoms with Crippen LogP contribution < -0.4 is 5.32 Å².